The third kappa shape index (κ3) is 2.42. The highest BCUT2D eigenvalue weighted by atomic mass is 16.8. The molecule has 24 heavy (non-hydrogen) atoms. The molecule has 0 aromatic heterocycles. The summed E-state index contributed by atoms with van der Waals surface area (Å²) < 4.78 is 16.7. The van der Waals surface area contributed by atoms with Crippen LogP contribution in [0.5, 0.6) is 0 Å². The summed E-state index contributed by atoms with van der Waals surface area (Å²) in [5.74, 6) is -0.142. The number of rotatable bonds is 3. The van der Waals surface area contributed by atoms with Crippen LogP contribution in [0, 0.1) is 27.9 Å². The number of nitrogens with one attached hydrogen (secondary N) is 1. The quantitative estimate of drug-likeness (QED) is 0.512. The number of hydrogen-bond donors (Lipinski definition) is 1. The molecule has 128 valence electrons. The fourth-order valence-electron chi connectivity index (χ4n) is 3.94. The smallest absolute Gasteiger partial charge is 0.331 e. The van der Waals surface area contributed by atoms with E-state index in [1.807, 2.05) is 0 Å². The topological polar surface area (TPSA) is 99.9 Å². The van der Waals surface area contributed by atoms with Crippen LogP contribution in [0.1, 0.15) is 13.3 Å². The molecule has 1 N–H and O–H groups in total. The number of carbonyl (C=O) groups excluding carboxylic acids is 1. The predicted molar refractivity (Wildman–Crippen MR) is 82.0 cm³/mol. The molecule has 8 nitrogen and oxygen atoms in total. The van der Waals surface area contributed by atoms with Crippen LogP contribution in [0.4, 0.5) is 11.4 Å². The van der Waals surface area contributed by atoms with Gasteiger partial charge in [0.05, 0.1) is 17.4 Å². The molecule has 3 aliphatic rings. The van der Waals surface area contributed by atoms with Gasteiger partial charge in [-0.05, 0) is 18.4 Å². The van der Waals surface area contributed by atoms with E-state index in [0.717, 1.165) is 6.42 Å². The lowest BCUT2D eigenvalue weighted by Gasteiger charge is -2.39. The maximum Gasteiger partial charge on any atom is 0.331 e. The molecule has 0 amide bonds. The highest BCUT2D eigenvalue weighted by Crippen LogP contribution is 2.46. The maximum atomic E-state index is 12.3. The van der Waals surface area contributed by atoms with Gasteiger partial charge in [-0.3, -0.25) is 10.1 Å². The number of anilines is 1. The Kier molecular flexibility index (Phi) is 3.65. The first-order chi connectivity index (χ1) is 11.5. The molecule has 8 heteroatoms. The third-order valence-corrected chi connectivity index (χ3v) is 5.20. The first-order valence-electron chi connectivity index (χ1n) is 8.03. The number of nitro benzene ring substituents is 1. The van der Waals surface area contributed by atoms with Crippen LogP contribution in [0.25, 0.3) is 0 Å². The lowest BCUT2D eigenvalue weighted by Crippen LogP contribution is -2.48. The zero-order valence-electron chi connectivity index (χ0n) is 13.1. The van der Waals surface area contributed by atoms with Crippen molar-refractivity contribution < 1.29 is 23.9 Å². The predicted octanol–water partition coefficient (Wildman–Crippen LogP) is 1.90. The van der Waals surface area contributed by atoms with Crippen molar-refractivity contribution in [2.75, 3.05) is 11.9 Å². The van der Waals surface area contributed by atoms with Crippen LogP contribution in [0.15, 0.2) is 24.3 Å². The summed E-state index contributed by atoms with van der Waals surface area (Å²) in [6, 6.07) is 5.52. The van der Waals surface area contributed by atoms with E-state index < -0.39 is 23.2 Å². The summed E-state index contributed by atoms with van der Waals surface area (Å²) in [6.07, 6.45) is -0.0547. The lowest BCUT2D eigenvalue weighted by molar-refractivity contribution is -0.384. The molecule has 0 radical (unpaired) electrons. The second kappa shape index (κ2) is 5.71. The normalized spacial score (nSPS) is 37.5. The van der Waals surface area contributed by atoms with Crippen molar-refractivity contribution in [3.63, 3.8) is 0 Å². The standard InChI is InChI=1S/C16H18N2O6/c1-8-11-5-6-22-15(11)24-16-12(8)13(14(19)23-16)17-9-3-2-4-10(7-9)18(20)21/h2-4,7-8,11-13,15-17H,5-6H2,1H3/t8-,11+,12-,13+,15-,16-/m0/s1. The van der Waals surface area contributed by atoms with Gasteiger partial charge in [0.2, 0.25) is 6.29 Å². The van der Waals surface area contributed by atoms with E-state index in [1.165, 1.54) is 12.1 Å². The average Bonchev–Trinajstić information content (AvgIpc) is 3.13. The number of carbonyl (C=O) groups is 1. The molecule has 3 saturated heterocycles. The Balaban J connectivity index is 1.57. The molecule has 1 aromatic rings. The molecule has 3 aliphatic heterocycles. The molecule has 3 heterocycles. The van der Waals surface area contributed by atoms with Gasteiger partial charge in [0.25, 0.3) is 5.69 Å². The number of esters is 1. The van der Waals surface area contributed by atoms with Gasteiger partial charge in [-0.1, -0.05) is 13.0 Å². The zero-order chi connectivity index (χ0) is 16.8. The van der Waals surface area contributed by atoms with E-state index in [-0.39, 0.29) is 29.7 Å². The Bertz CT molecular complexity index is 680. The maximum absolute atomic E-state index is 12.3. The largest absolute Gasteiger partial charge is 0.434 e. The fourth-order valence-corrected chi connectivity index (χ4v) is 3.94. The van der Waals surface area contributed by atoms with E-state index in [9.17, 15) is 14.9 Å². The Morgan fingerprint density at radius 1 is 1.33 bits per heavy atom. The van der Waals surface area contributed by atoms with Gasteiger partial charge in [-0.2, -0.15) is 0 Å². The van der Waals surface area contributed by atoms with Crippen LogP contribution >= 0.6 is 0 Å². The number of hydrogen-bond acceptors (Lipinski definition) is 7. The van der Waals surface area contributed by atoms with Crippen LogP contribution in [-0.2, 0) is 19.0 Å². The van der Waals surface area contributed by atoms with Crippen molar-refractivity contribution >= 4 is 17.3 Å². The monoisotopic (exact) mass is 334 g/mol. The summed E-state index contributed by atoms with van der Waals surface area (Å²) in [7, 11) is 0. The molecule has 0 unspecified atom stereocenters. The molecule has 0 saturated carbocycles. The van der Waals surface area contributed by atoms with Gasteiger partial charge in [-0.25, -0.2) is 4.79 Å². The molecule has 3 fully saturated rings. The number of ether oxygens (including phenoxy) is 3. The highest BCUT2D eigenvalue weighted by Gasteiger charge is 2.56. The lowest BCUT2D eigenvalue weighted by atomic mass is 9.76. The second-order valence-corrected chi connectivity index (χ2v) is 6.50. The number of benzene rings is 1. The molecule has 0 spiro atoms. The van der Waals surface area contributed by atoms with Crippen LogP contribution in [0.3, 0.4) is 0 Å². The highest BCUT2D eigenvalue weighted by molar-refractivity contribution is 5.82. The van der Waals surface area contributed by atoms with E-state index in [2.05, 4.69) is 12.2 Å². The Morgan fingerprint density at radius 2 is 2.17 bits per heavy atom. The van der Waals surface area contributed by atoms with Crippen molar-refractivity contribution in [3.8, 4) is 0 Å². The van der Waals surface area contributed by atoms with E-state index in [1.54, 1.807) is 12.1 Å². The van der Waals surface area contributed by atoms with Crippen molar-refractivity contribution in [3.05, 3.63) is 34.4 Å². The van der Waals surface area contributed by atoms with Crippen molar-refractivity contribution in [2.24, 2.45) is 17.8 Å². The average molecular weight is 334 g/mol. The van der Waals surface area contributed by atoms with Gasteiger partial charge in [0.15, 0.2) is 6.29 Å². The first kappa shape index (κ1) is 15.3. The molecule has 6 atom stereocenters. The molecule has 0 bridgehead atoms. The number of nitro groups is 1. The Morgan fingerprint density at radius 3 is 2.96 bits per heavy atom. The van der Waals surface area contributed by atoms with Gasteiger partial charge in [0.1, 0.15) is 6.04 Å². The number of non-ortho nitro benzene ring substituents is 1. The molecular weight excluding hydrogens is 316 g/mol. The summed E-state index contributed by atoms with van der Waals surface area (Å²) in [5, 5.41) is 14.0. The molecule has 1 aromatic carbocycles. The minimum Gasteiger partial charge on any atom is -0.434 e. The van der Waals surface area contributed by atoms with Crippen molar-refractivity contribution in [2.45, 2.75) is 32.0 Å². The fraction of sp³-hybridized carbons (Fsp3) is 0.562. The zero-order valence-corrected chi connectivity index (χ0v) is 13.1. The molecule has 4 rings (SSSR count). The summed E-state index contributed by atoms with van der Waals surface area (Å²) in [6.45, 7) is 2.73. The summed E-state index contributed by atoms with van der Waals surface area (Å²) >= 11 is 0. The summed E-state index contributed by atoms with van der Waals surface area (Å²) in [4.78, 5) is 22.7. The van der Waals surface area contributed by atoms with Gasteiger partial charge < -0.3 is 19.5 Å². The van der Waals surface area contributed by atoms with Gasteiger partial charge in [-0.15, -0.1) is 0 Å². The Hall–Kier alpha value is -2.19. The second-order valence-electron chi connectivity index (χ2n) is 6.50. The van der Waals surface area contributed by atoms with Gasteiger partial charge >= 0.3 is 5.97 Å². The number of fused-ring (bicyclic) bond motifs is 2. The minimum absolute atomic E-state index is 0.0277. The van der Waals surface area contributed by atoms with E-state index in [4.69, 9.17) is 14.2 Å². The van der Waals surface area contributed by atoms with E-state index in [0.29, 0.717) is 12.3 Å². The van der Waals surface area contributed by atoms with Crippen LogP contribution < -0.4 is 5.32 Å². The van der Waals surface area contributed by atoms with Gasteiger partial charge in [0, 0.05) is 23.7 Å². The molecule has 0 aliphatic carbocycles. The van der Waals surface area contributed by atoms with E-state index >= 15 is 0 Å². The first-order valence-corrected chi connectivity index (χ1v) is 8.03. The Labute approximate surface area is 138 Å². The van der Waals surface area contributed by atoms with Crippen LogP contribution in [0.2, 0.25) is 0 Å². The SMILES string of the molecule is C[C@H]1[C@H]2CCO[C@H]2O[C@@H]2OC(=O)[C@H](Nc3cccc([N+](=O)[O-])c3)[C@@H]21. The third-order valence-electron chi connectivity index (χ3n) is 5.20. The summed E-state index contributed by atoms with van der Waals surface area (Å²) in [5.41, 5.74) is 0.490. The van der Waals surface area contributed by atoms with Crippen molar-refractivity contribution in [1.29, 1.82) is 0 Å². The number of nitrogens with zero attached hydrogens (tertiary/aromatic N) is 1. The minimum atomic E-state index is -0.636. The van der Waals surface area contributed by atoms with Crippen LogP contribution in [-0.4, -0.2) is 36.1 Å². The van der Waals surface area contributed by atoms with Crippen molar-refractivity contribution in [1.82, 2.24) is 0 Å². The molecular formula is C16H18N2O6.